The molecule has 2 aromatic rings. The summed E-state index contributed by atoms with van der Waals surface area (Å²) < 4.78 is 0. The zero-order valence-corrected chi connectivity index (χ0v) is 14.0. The fraction of sp³-hybridized carbons (Fsp3) is 0.611. The van der Waals surface area contributed by atoms with Crippen molar-refractivity contribution < 1.29 is 4.79 Å². The van der Waals surface area contributed by atoms with Crippen LogP contribution in [0.25, 0.3) is 11.0 Å². The van der Waals surface area contributed by atoms with Gasteiger partial charge in [-0.05, 0) is 43.6 Å². The number of nitrogens with one attached hydrogen (secondary N) is 1. The number of nitrogens with zero attached hydrogens (tertiary/aromatic N) is 4. The first-order valence-corrected chi connectivity index (χ1v) is 9.00. The summed E-state index contributed by atoms with van der Waals surface area (Å²) in [5, 5.41) is 1.09. The second-order valence-electron chi connectivity index (χ2n) is 7.71. The molecule has 24 heavy (non-hydrogen) atoms. The summed E-state index contributed by atoms with van der Waals surface area (Å²) in [6.07, 6.45) is 8.09. The Morgan fingerprint density at radius 2 is 2.00 bits per heavy atom. The lowest BCUT2D eigenvalue weighted by Crippen LogP contribution is -2.35. The zero-order chi connectivity index (χ0) is 16.3. The van der Waals surface area contributed by atoms with Gasteiger partial charge in [-0.15, -0.1) is 0 Å². The van der Waals surface area contributed by atoms with Gasteiger partial charge in [0.25, 0.3) is 0 Å². The minimum atomic E-state index is 0.352. The standard InChI is InChI=1S/C18H23N5O/c1-22(17-15-4-5-19-16(15)20-10-21-17)14-6-12-8-23(9-13(12)7-14)18(24)11-2-3-11/h4-5,10-14H,2-3,6-9H2,1H3,(H,19,20,21)/t12-,13+,14?. The van der Waals surface area contributed by atoms with Crippen molar-refractivity contribution >= 4 is 22.8 Å². The second kappa shape index (κ2) is 5.19. The Balaban J connectivity index is 1.30. The molecule has 3 fully saturated rings. The molecule has 1 saturated heterocycles. The lowest BCUT2D eigenvalue weighted by atomic mass is 10.0. The number of hydrogen-bond acceptors (Lipinski definition) is 4. The van der Waals surface area contributed by atoms with E-state index in [9.17, 15) is 4.79 Å². The van der Waals surface area contributed by atoms with E-state index in [4.69, 9.17) is 0 Å². The van der Waals surface area contributed by atoms with E-state index in [2.05, 4.69) is 31.8 Å². The molecule has 3 aliphatic rings. The summed E-state index contributed by atoms with van der Waals surface area (Å²) in [5.74, 6) is 3.09. The monoisotopic (exact) mass is 325 g/mol. The second-order valence-corrected chi connectivity index (χ2v) is 7.71. The van der Waals surface area contributed by atoms with Gasteiger partial charge in [0, 0.05) is 38.3 Å². The molecule has 6 nitrogen and oxygen atoms in total. The van der Waals surface area contributed by atoms with E-state index in [0.29, 0.717) is 29.7 Å². The molecule has 1 amide bonds. The van der Waals surface area contributed by atoms with Crippen molar-refractivity contribution in [2.24, 2.45) is 17.8 Å². The van der Waals surface area contributed by atoms with Gasteiger partial charge in [0.15, 0.2) is 0 Å². The first kappa shape index (κ1) is 14.3. The Labute approximate surface area is 141 Å². The van der Waals surface area contributed by atoms with Crippen LogP contribution in [0.5, 0.6) is 0 Å². The van der Waals surface area contributed by atoms with E-state index < -0.39 is 0 Å². The molecular weight excluding hydrogens is 302 g/mol. The average Bonchev–Trinajstić information content (AvgIpc) is 3.01. The van der Waals surface area contributed by atoms with Crippen LogP contribution >= 0.6 is 0 Å². The van der Waals surface area contributed by atoms with Crippen LogP contribution in [0.2, 0.25) is 0 Å². The van der Waals surface area contributed by atoms with Gasteiger partial charge in [0.1, 0.15) is 17.8 Å². The number of fused-ring (bicyclic) bond motifs is 2. The summed E-state index contributed by atoms with van der Waals surface area (Å²) in [6.45, 7) is 1.93. The predicted octanol–water partition coefficient (Wildman–Crippen LogP) is 2.04. The fourth-order valence-corrected chi connectivity index (χ4v) is 4.67. The number of carbonyl (C=O) groups is 1. The highest BCUT2D eigenvalue weighted by molar-refractivity contribution is 5.87. The third-order valence-electron chi connectivity index (χ3n) is 6.18. The quantitative estimate of drug-likeness (QED) is 0.938. The molecule has 5 rings (SSSR count). The van der Waals surface area contributed by atoms with Crippen LogP contribution < -0.4 is 4.90 Å². The van der Waals surface area contributed by atoms with Crippen molar-refractivity contribution in [3.63, 3.8) is 0 Å². The van der Waals surface area contributed by atoms with Crippen molar-refractivity contribution in [1.82, 2.24) is 19.9 Å². The van der Waals surface area contributed by atoms with E-state index in [0.717, 1.165) is 55.6 Å². The molecule has 0 spiro atoms. The Morgan fingerprint density at radius 3 is 2.71 bits per heavy atom. The van der Waals surface area contributed by atoms with Gasteiger partial charge in [-0.25, -0.2) is 9.97 Å². The molecule has 3 heterocycles. The van der Waals surface area contributed by atoms with Crippen molar-refractivity contribution in [2.45, 2.75) is 31.7 Å². The van der Waals surface area contributed by atoms with Crippen LogP contribution in [0.3, 0.4) is 0 Å². The Hall–Kier alpha value is -2.11. The molecule has 2 aliphatic carbocycles. The molecule has 2 aromatic heterocycles. The van der Waals surface area contributed by atoms with Crippen LogP contribution in [0.4, 0.5) is 5.82 Å². The summed E-state index contributed by atoms with van der Waals surface area (Å²) in [5.41, 5.74) is 0.895. The number of aromatic amines is 1. The zero-order valence-electron chi connectivity index (χ0n) is 14.0. The smallest absolute Gasteiger partial charge is 0.225 e. The molecular formula is C18H23N5O. The van der Waals surface area contributed by atoms with Gasteiger partial charge in [-0.2, -0.15) is 0 Å². The van der Waals surface area contributed by atoms with Crippen LogP contribution in [0.1, 0.15) is 25.7 Å². The summed E-state index contributed by atoms with van der Waals surface area (Å²) in [7, 11) is 2.15. The highest BCUT2D eigenvalue weighted by Gasteiger charge is 2.46. The van der Waals surface area contributed by atoms with Crippen LogP contribution in [0, 0.1) is 17.8 Å². The Kier molecular flexibility index (Phi) is 3.08. The average molecular weight is 325 g/mol. The van der Waals surface area contributed by atoms with Crippen molar-refractivity contribution in [3.05, 3.63) is 18.6 Å². The van der Waals surface area contributed by atoms with Gasteiger partial charge < -0.3 is 14.8 Å². The number of rotatable bonds is 3. The number of carbonyl (C=O) groups excluding carboxylic acids is 1. The first-order chi connectivity index (χ1) is 11.7. The molecule has 1 aliphatic heterocycles. The summed E-state index contributed by atoms with van der Waals surface area (Å²) >= 11 is 0. The van der Waals surface area contributed by atoms with E-state index >= 15 is 0 Å². The number of H-pyrrole nitrogens is 1. The van der Waals surface area contributed by atoms with Crippen LogP contribution in [0.15, 0.2) is 18.6 Å². The maximum absolute atomic E-state index is 12.3. The van der Waals surface area contributed by atoms with Gasteiger partial charge in [-0.1, -0.05) is 0 Å². The summed E-state index contributed by atoms with van der Waals surface area (Å²) in [4.78, 5) is 28.7. The van der Waals surface area contributed by atoms with Crippen molar-refractivity contribution in [2.75, 3.05) is 25.0 Å². The SMILES string of the molecule is CN(c1ncnc2[nH]ccc12)C1C[C@@H]2CN(C(=O)C3CC3)C[C@@H]2C1. The Morgan fingerprint density at radius 1 is 1.25 bits per heavy atom. The molecule has 1 unspecified atom stereocenters. The fourth-order valence-electron chi connectivity index (χ4n) is 4.67. The number of aromatic nitrogens is 3. The lowest BCUT2D eigenvalue weighted by molar-refractivity contribution is -0.131. The van der Waals surface area contributed by atoms with Crippen LogP contribution in [-0.2, 0) is 4.79 Å². The predicted molar refractivity (Wildman–Crippen MR) is 91.6 cm³/mol. The molecule has 0 radical (unpaired) electrons. The number of anilines is 1. The van der Waals surface area contributed by atoms with Crippen molar-refractivity contribution in [1.29, 1.82) is 0 Å². The molecule has 126 valence electrons. The lowest BCUT2D eigenvalue weighted by Gasteiger charge is -2.28. The topological polar surface area (TPSA) is 65.1 Å². The van der Waals surface area contributed by atoms with Gasteiger partial charge in [0.05, 0.1) is 5.39 Å². The van der Waals surface area contributed by atoms with E-state index in [1.807, 2.05) is 12.3 Å². The molecule has 3 atom stereocenters. The molecule has 0 bridgehead atoms. The van der Waals surface area contributed by atoms with Crippen LogP contribution in [-0.4, -0.2) is 51.9 Å². The first-order valence-electron chi connectivity index (χ1n) is 9.00. The highest BCUT2D eigenvalue weighted by Crippen LogP contribution is 2.43. The molecule has 6 heteroatoms. The minimum Gasteiger partial charge on any atom is -0.356 e. The number of likely N-dealkylation sites (tertiary alicyclic amines) is 1. The van der Waals surface area contributed by atoms with Gasteiger partial charge in [0.2, 0.25) is 5.91 Å². The van der Waals surface area contributed by atoms with E-state index in [-0.39, 0.29) is 0 Å². The third kappa shape index (κ3) is 2.19. The van der Waals surface area contributed by atoms with E-state index in [1.54, 1.807) is 6.33 Å². The molecule has 1 N–H and O–H groups in total. The van der Waals surface area contributed by atoms with Gasteiger partial charge in [-0.3, -0.25) is 4.79 Å². The summed E-state index contributed by atoms with van der Waals surface area (Å²) in [6, 6.07) is 2.55. The highest BCUT2D eigenvalue weighted by atomic mass is 16.2. The number of hydrogen-bond donors (Lipinski definition) is 1. The maximum atomic E-state index is 12.3. The minimum absolute atomic E-state index is 0.352. The Bertz CT molecular complexity index is 769. The van der Waals surface area contributed by atoms with E-state index in [1.165, 1.54) is 0 Å². The largest absolute Gasteiger partial charge is 0.356 e. The third-order valence-corrected chi connectivity index (χ3v) is 6.18. The van der Waals surface area contributed by atoms with Gasteiger partial charge >= 0.3 is 0 Å². The normalized spacial score (nSPS) is 29.2. The molecule has 0 aromatic carbocycles. The molecule has 2 saturated carbocycles. The number of amides is 1. The van der Waals surface area contributed by atoms with Crippen molar-refractivity contribution in [3.8, 4) is 0 Å². The maximum Gasteiger partial charge on any atom is 0.225 e.